The Labute approximate surface area is 191 Å². The van der Waals surface area contributed by atoms with Gasteiger partial charge in [-0.25, -0.2) is 4.79 Å². The molecule has 0 fully saturated rings. The lowest BCUT2D eigenvalue weighted by Gasteiger charge is -2.30. The van der Waals surface area contributed by atoms with Crippen LogP contribution in [-0.4, -0.2) is 36.3 Å². The first-order valence-electron chi connectivity index (χ1n) is 7.42. The molecule has 1 amide bonds. The van der Waals surface area contributed by atoms with Crippen LogP contribution in [0.3, 0.4) is 0 Å². The van der Waals surface area contributed by atoms with E-state index in [0.29, 0.717) is 0 Å². The molecular weight excluding hydrogens is 513 g/mol. The van der Waals surface area contributed by atoms with E-state index in [9.17, 15) is 14.4 Å². The van der Waals surface area contributed by atoms with Crippen molar-refractivity contribution in [2.75, 3.05) is 0 Å². The van der Waals surface area contributed by atoms with Crippen LogP contribution in [0.1, 0.15) is 0 Å². The van der Waals surface area contributed by atoms with Crippen molar-refractivity contribution in [3.05, 3.63) is 63.3 Å². The third-order valence-corrected chi connectivity index (χ3v) is 6.03. The molecule has 0 unspecified atom stereocenters. The molecule has 15 heteroatoms. The number of hydrogen-bond donors (Lipinski definition) is 0. The molecule has 0 N–H and O–H groups in total. The normalized spacial score (nSPS) is 15.9. The fourth-order valence-electron chi connectivity index (χ4n) is 2.34. The smallest absolute Gasteiger partial charge is 0.266 e. The van der Waals surface area contributed by atoms with Crippen LogP contribution >= 0.6 is 69.6 Å². The minimum Gasteiger partial charge on any atom is -0.266 e. The molecule has 0 bridgehead atoms. The molecule has 2 aromatic heterocycles. The van der Waals surface area contributed by atoms with Crippen molar-refractivity contribution in [1.29, 1.82) is 0 Å². The Balaban J connectivity index is 2.15. The SMILES string of the molecule is O=C1C(Cl)=C(Cl)C=N[N+]1(Cn1ncc(Cl)c(Cl)c1=O)Cn1ncc(Cl)c(Cl)c1=O. The molecular formula is C14H7Cl6N6O3+. The minimum atomic E-state index is -0.954. The fourth-order valence-corrected chi connectivity index (χ4v) is 3.21. The molecule has 1 aliphatic heterocycles. The Hall–Kier alpha value is -1.46. The third kappa shape index (κ3) is 4.09. The van der Waals surface area contributed by atoms with Gasteiger partial charge in [0, 0.05) is 0 Å². The van der Waals surface area contributed by atoms with Gasteiger partial charge in [0.2, 0.25) is 13.3 Å². The number of allylic oxidation sites excluding steroid dienone is 1. The molecule has 3 heterocycles. The van der Waals surface area contributed by atoms with Crippen LogP contribution < -0.4 is 11.1 Å². The number of quaternary nitrogens is 1. The van der Waals surface area contributed by atoms with E-state index in [-0.39, 0.29) is 30.2 Å². The summed E-state index contributed by atoms with van der Waals surface area (Å²) in [6, 6.07) is 0. The summed E-state index contributed by atoms with van der Waals surface area (Å²) in [5, 5.41) is 10.6. The van der Waals surface area contributed by atoms with Gasteiger partial charge in [-0.05, 0) is 0 Å². The highest BCUT2D eigenvalue weighted by Crippen LogP contribution is 2.28. The Morgan fingerprint density at radius 3 is 1.69 bits per heavy atom. The summed E-state index contributed by atoms with van der Waals surface area (Å²) in [6.07, 6.45) is 3.35. The number of rotatable bonds is 4. The lowest BCUT2D eigenvalue weighted by atomic mass is 10.4. The molecule has 0 saturated carbocycles. The maximum atomic E-state index is 13.0. The Kier molecular flexibility index (Phi) is 6.40. The average Bonchev–Trinajstić information content (AvgIpc) is 2.70. The van der Waals surface area contributed by atoms with Gasteiger partial charge in [0.1, 0.15) is 16.3 Å². The number of nitrogens with zero attached hydrogens (tertiary/aromatic N) is 6. The molecule has 1 aliphatic rings. The van der Waals surface area contributed by atoms with Crippen LogP contribution in [0.5, 0.6) is 0 Å². The van der Waals surface area contributed by atoms with E-state index in [1.165, 1.54) is 0 Å². The summed E-state index contributed by atoms with van der Waals surface area (Å²) in [7, 11) is 0. The number of carbonyl (C=O) groups excluding carboxylic acids is 1. The number of halogens is 6. The van der Waals surface area contributed by atoms with Gasteiger partial charge in [-0.2, -0.15) is 19.6 Å². The highest BCUT2D eigenvalue weighted by molar-refractivity contribution is 6.52. The highest BCUT2D eigenvalue weighted by atomic mass is 35.5. The van der Waals surface area contributed by atoms with Crippen molar-refractivity contribution in [3.8, 4) is 0 Å². The lowest BCUT2D eigenvalue weighted by molar-refractivity contribution is -0.904. The molecule has 9 nitrogen and oxygen atoms in total. The largest absolute Gasteiger partial charge is 0.388 e. The van der Waals surface area contributed by atoms with E-state index < -0.39 is 35.0 Å². The molecule has 29 heavy (non-hydrogen) atoms. The zero-order chi connectivity index (χ0) is 21.5. The van der Waals surface area contributed by atoms with Gasteiger partial charge in [0.15, 0.2) is 5.03 Å². The standard InChI is InChI=1S/C14H7Cl6N6O3/c15-6-1-21-24(12(27)9(6)18)4-26(14(29)11(20)8(17)3-23-26)5-25-13(28)10(19)7(16)2-22-25/h1-3H,4-5H2/q+1. The highest BCUT2D eigenvalue weighted by Gasteiger charge is 2.45. The van der Waals surface area contributed by atoms with Gasteiger partial charge in [0.25, 0.3) is 11.1 Å². The lowest BCUT2D eigenvalue weighted by Crippen LogP contribution is -2.55. The predicted octanol–water partition coefficient (Wildman–Crippen LogP) is 3.06. The van der Waals surface area contributed by atoms with Gasteiger partial charge in [0.05, 0.1) is 27.5 Å². The second kappa shape index (κ2) is 8.35. The summed E-state index contributed by atoms with van der Waals surface area (Å²) in [4.78, 5) is 37.8. The molecule has 3 rings (SSSR count). The quantitative estimate of drug-likeness (QED) is 0.578. The third-order valence-electron chi connectivity index (χ3n) is 3.79. The molecule has 0 spiro atoms. The summed E-state index contributed by atoms with van der Waals surface area (Å²) in [6.45, 7) is -1.00. The first-order chi connectivity index (χ1) is 13.6. The Morgan fingerprint density at radius 1 is 0.793 bits per heavy atom. The van der Waals surface area contributed by atoms with Crippen LogP contribution in [0.15, 0.2) is 37.1 Å². The van der Waals surface area contributed by atoms with E-state index in [1.807, 2.05) is 0 Å². The van der Waals surface area contributed by atoms with Crippen LogP contribution in [0.4, 0.5) is 0 Å². The minimum absolute atomic E-state index is 0.0729. The number of hydrogen-bond acceptors (Lipinski definition) is 6. The topological polar surface area (TPSA) is 99.2 Å². The van der Waals surface area contributed by atoms with Crippen LogP contribution in [0.2, 0.25) is 20.1 Å². The van der Waals surface area contributed by atoms with Crippen LogP contribution in [0, 0.1) is 0 Å². The van der Waals surface area contributed by atoms with Crippen molar-refractivity contribution in [2.24, 2.45) is 5.10 Å². The van der Waals surface area contributed by atoms with Crippen LogP contribution in [-0.2, 0) is 18.1 Å². The first kappa shape index (κ1) is 22.2. The second-order valence-electron chi connectivity index (χ2n) is 5.64. The molecule has 0 atom stereocenters. The van der Waals surface area contributed by atoms with Gasteiger partial charge < -0.3 is 0 Å². The second-order valence-corrected chi connectivity index (χ2v) is 8.00. The van der Waals surface area contributed by atoms with Gasteiger partial charge in [-0.15, -0.1) is 0 Å². The summed E-state index contributed by atoms with van der Waals surface area (Å²) in [5.74, 6) is -0.821. The Morgan fingerprint density at radius 2 is 1.24 bits per heavy atom. The van der Waals surface area contributed by atoms with Crippen molar-refractivity contribution >= 4 is 81.7 Å². The van der Waals surface area contributed by atoms with E-state index in [0.717, 1.165) is 28.0 Å². The number of aromatic nitrogens is 4. The van der Waals surface area contributed by atoms with E-state index in [2.05, 4.69) is 15.3 Å². The van der Waals surface area contributed by atoms with Crippen molar-refractivity contribution in [2.45, 2.75) is 13.3 Å². The average molecular weight is 520 g/mol. The van der Waals surface area contributed by atoms with Gasteiger partial charge >= 0.3 is 5.91 Å². The number of carbonyl (C=O) groups is 1. The molecule has 0 aliphatic carbocycles. The summed E-state index contributed by atoms with van der Waals surface area (Å²) in [5.41, 5.74) is -1.57. The van der Waals surface area contributed by atoms with Crippen molar-refractivity contribution in [3.63, 3.8) is 0 Å². The Bertz CT molecular complexity index is 1140. The predicted molar refractivity (Wildman–Crippen MR) is 110 cm³/mol. The maximum absolute atomic E-state index is 13.0. The monoisotopic (exact) mass is 517 g/mol. The van der Waals surface area contributed by atoms with Crippen molar-refractivity contribution in [1.82, 2.24) is 19.6 Å². The molecule has 0 saturated heterocycles. The molecule has 0 aromatic carbocycles. The van der Waals surface area contributed by atoms with Crippen LogP contribution in [0.25, 0.3) is 0 Å². The molecule has 2 aromatic rings. The molecule has 152 valence electrons. The molecule has 0 radical (unpaired) electrons. The zero-order valence-electron chi connectivity index (χ0n) is 13.8. The van der Waals surface area contributed by atoms with Crippen molar-refractivity contribution < 1.29 is 9.39 Å². The van der Waals surface area contributed by atoms with E-state index in [4.69, 9.17) is 69.6 Å². The van der Waals surface area contributed by atoms with Gasteiger partial charge in [-0.3, -0.25) is 9.59 Å². The summed E-state index contributed by atoms with van der Waals surface area (Å²) < 4.78 is 0.732. The first-order valence-corrected chi connectivity index (χ1v) is 9.69. The summed E-state index contributed by atoms with van der Waals surface area (Å²) >= 11 is 35.2. The van der Waals surface area contributed by atoms with E-state index >= 15 is 0 Å². The van der Waals surface area contributed by atoms with Gasteiger partial charge in [-0.1, -0.05) is 79.3 Å². The fraction of sp³-hybridized carbons (Fsp3) is 0.143. The zero-order valence-corrected chi connectivity index (χ0v) is 18.4. The number of amides is 1. The maximum Gasteiger partial charge on any atom is 0.388 e. The van der Waals surface area contributed by atoms with E-state index in [1.54, 1.807) is 0 Å².